The van der Waals surface area contributed by atoms with E-state index in [1.165, 1.54) is 36.5 Å². The van der Waals surface area contributed by atoms with Crippen molar-refractivity contribution in [3.05, 3.63) is 59.7 Å². The van der Waals surface area contributed by atoms with Gasteiger partial charge in [-0.2, -0.15) is 0 Å². The number of ether oxygens (including phenoxy) is 1. The topological polar surface area (TPSA) is 83.3 Å². The molecule has 0 radical (unpaired) electrons. The fraction of sp³-hybridized carbons (Fsp3) is 0.0714. The van der Waals surface area contributed by atoms with E-state index in [2.05, 4.69) is 4.98 Å². The number of aromatic carboxylic acids is 1. The SMILES string of the molecule is N=C(COc1cccc(F)c1)c1cc(C(=O)O)ccn1. The van der Waals surface area contributed by atoms with Crippen molar-refractivity contribution >= 4 is 11.7 Å². The normalized spacial score (nSPS) is 10.1. The first kappa shape index (κ1) is 13.7. The van der Waals surface area contributed by atoms with Crippen LogP contribution in [0.3, 0.4) is 0 Å². The Labute approximate surface area is 114 Å². The number of benzene rings is 1. The van der Waals surface area contributed by atoms with Crippen LogP contribution < -0.4 is 4.74 Å². The predicted molar refractivity (Wildman–Crippen MR) is 69.9 cm³/mol. The van der Waals surface area contributed by atoms with Crippen LogP contribution in [0.4, 0.5) is 4.39 Å². The summed E-state index contributed by atoms with van der Waals surface area (Å²) >= 11 is 0. The molecule has 102 valence electrons. The van der Waals surface area contributed by atoms with E-state index in [-0.39, 0.29) is 23.6 Å². The van der Waals surface area contributed by atoms with E-state index < -0.39 is 11.8 Å². The van der Waals surface area contributed by atoms with Crippen LogP contribution in [0, 0.1) is 11.2 Å². The van der Waals surface area contributed by atoms with E-state index in [0.29, 0.717) is 5.75 Å². The number of aromatic nitrogens is 1. The van der Waals surface area contributed by atoms with Crippen molar-refractivity contribution in [1.29, 1.82) is 5.41 Å². The van der Waals surface area contributed by atoms with Gasteiger partial charge in [-0.1, -0.05) is 6.07 Å². The molecule has 0 spiro atoms. The maximum absolute atomic E-state index is 12.9. The Morgan fingerprint density at radius 1 is 1.35 bits per heavy atom. The van der Waals surface area contributed by atoms with Gasteiger partial charge >= 0.3 is 5.97 Å². The smallest absolute Gasteiger partial charge is 0.335 e. The van der Waals surface area contributed by atoms with E-state index in [9.17, 15) is 9.18 Å². The molecule has 1 heterocycles. The molecule has 1 aromatic carbocycles. The van der Waals surface area contributed by atoms with Crippen LogP contribution in [0.1, 0.15) is 16.1 Å². The molecule has 2 N–H and O–H groups in total. The van der Waals surface area contributed by atoms with Gasteiger partial charge in [-0.3, -0.25) is 10.4 Å². The number of nitrogens with zero attached hydrogens (tertiary/aromatic N) is 1. The standard InChI is InChI=1S/C14H11FN2O3/c15-10-2-1-3-11(7-10)20-8-12(16)13-6-9(14(18)19)4-5-17-13/h1-7,16H,8H2,(H,18,19). The highest BCUT2D eigenvalue weighted by Gasteiger charge is 2.09. The Hall–Kier alpha value is -2.76. The van der Waals surface area contributed by atoms with E-state index in [1.54, 1.807) is 6.07 Å². The highest BCUT2D eigenvalue weighted by atomic mass is 19.1. The molecule has 6 heteroatoms. The molecular formula is C14H11FN2O3. The maximum atomic E-state index is 12.9. The summed E-state index contributed by atoms with van der Waals surface area (Å²) in [6, 6.07) is 8.19. The number of pyridine rings is 1. The fourth-order valence-corrected chi connectivity index (χ4v) is 1.51. The molecule has 20 heavy (non-hydrogen) atoms. The van der Waals surface area contributed by atoms with Gasteiger partial charge in [-0.15, -0.1) is 0 Å². The number of carboxylic acid groups (broad SMARTS) is 1. The minimum Gasteiger partial charge on any atom is -0.487 e. The zero-order valence-electron chi connectivity index (χ0n) is 10.3. The van der Waals surface area contributed by atoms with Crippen LogP contribution in [0.2, 0.25) is 0 Å². The summed E-state index contributed by atoms with van der Waals surface area (Å²) in [5.41, 5.74) is 0.268. The number of nitrogens with one attached hydrogen (secondary N) is 1. The average molecular weight is 274 g/mol. The second kappa shape index (κ2) is 5.92. The van der Waals surface area contributed by atoms with Crippen molar-refractivity contribution in [3.63, 3.8) is 0 Å². The predicted octanol–water partition coefficient (Wildman–Crippen LogP) is 2.37. The quantitative estimate of drug-likeness (QED) is 0.820. The molecule has 1 aromatic heterocycles. The van der Waals surface area contributed by atoms with Gasteiger partial charge in [0.05, 0.1) is 17.0 Å². The molecule has 2 rings (SSSR count). The summed E-state index contributed by atoms with van der Waals surface area (Å²) in [7, 11) is 0. The molecule has 0 aliphatic rings. The van der Waals surface area contributed by atoms with Crippen LogP contribution in [0.15, 0.2) is 42.6 Å². The zero-order chi connectivity index (χ0) is 14.5. The Bertz CT molecular complexity index is 658. The van der Waals surface area contributed by atoms with Crippen LogP contribution in [0.25, 0.3) is 0 Å². The van der Waals surface area contributed by atoms with Gasteiger partial charge in [0.2, 0.25) is 0 Å². The van der Waals surface area contributed by atoms with E-state index in [4.69, 9.17) is 15.3 Å². The van der Waals surface area contributed by atoms with E-state index in [0.717, 1.165) is 0 Å². The molecule has 0 fully saturated rings. The second-order valence-corrected chi connectivity index (χ2v) is 3.96. The molecule has 0 saturated heterocycles. The third kappa shape index (κ3) is 3.38. The van der Waals surface area contributed by atoms with Gasteiger partial charge in [0.15, 0.2) is 0 Å². The molecule has 0 aliphatic carbocycles. The highest BCUT2D eigenvalue weighted by Crippen LogP contribution is 2.12. The third-order valence-corrected chi connectivity index (χ3v) is 2.50. The lowest BCUT2D eigenvalue weighted by Crippen LogP contribution is -2.14. The highest BCUT2D eigenvalue weighted by molar-refractivity contribution is 5.99. The lowest BCUT2D eigenvalue weighted by molar-refractivity contribution is 0.0696. The maximum Gasteiger partial charge on any atom is 0.335 e. The van der Waals surface area contributed by atoms with Crippen molar-refractivity contribution in [3.8, 4) is 5.75 Å². The molecule has 5 nitrogen and oxygen atoms in total. The van der Waals surface area contributed by atoms with Crippen LogP contribution >= 0.6 is 0 Å². The van der Waals surface area contributed by atoms with E-state index in [1.807, 2.05) is 0 Å². The number of rotatable bonds is 5. The van der Waals surface area contributed by atoms with Crippen LogP contribution in [-0.2, 0) is 0 Å². The van der Waals surface area contributed by atoms with Gasteiger partial charge in [-0.05, 0) is 24.3 Å². The molecule has 0 aliphatic heterocycles. The fourth-order valence-electron chi connectivity index (χ4n) is 1.51. The summed E-state index contributed by atoms with van der Waals surface area (Å²) in [5.74, 6) is -1.23. The summed E-state index contributed by atoms with van der Waals surface area (Å²) in [5, 5.41) is 16.7. The Balaban J connectivity index is 2.05. The van der Waals surface area contributed by atoms with Gasteiger partial charge in [0.25, 0.3) is 0 Å². The Kier molecular flexibility index (Phi) is 4.05. The van der Waals surface area contributed by atoms with Crippen LogP contribution in [-0.4, -0.2) is 28.4 Å². The van der Waals surface area contributed by atoms with Gasteiger partial charge < -0.3 is 9.84 Å². The van der Waals surface area contributed by atoms with Crippen molar-refractivity contribution in [2.45, 2.75) is 0 Å². The summed E-state index contributed by atoms with van der Waals surface area (Å²) < 4.78 is 18.2. The minimum atomic E-state index is -1.09. The number of carbonyl (C=O) groups is 1. The van der Waals surface area contributed by atoms with Crippen molar-refractivity contribution in [2.75, 3.05) is 6.61 Å². The minimum absolute atomic E-state index is 0.0114. The lowest BCUT2D eigenvalue weighted by Gasteiger charge is -2.07. The Morgan fingerprint density at radius 3 is 2.85 bits per heavy atom. The number of hydrogen-bond donors (Lipinski definition) is 2. The third-order valence-electron chi connectivity index (χ3n) is 2.50. The first-order valence-corrected chi connectivity index (χ1v) is 5.72. The first-order chi connectivity index (χ1) is 9.56. The molecule has 0 saturated carbocycles. The van der Waals surface area contributed by atoms with Crippen LogP contribution in [0.5, 0.6) is 5.75 Å². The summed E-state index contributed by atoms with van der Waals surface area (Å²) in [6.45, 7) is -0.125. The van der Waals surface area contributed by atoms with Gasteiger partial charge in [-0.25, -0.2) is 9.18 Å². The lowest BCUT2D eigenvalue weighted by atomic mass is 10.2. The molecule has 0 amide bonds. The Morgan fingerprint density at radius 2 is 2.15 bits per heavy atom. The monoisotopic (exact) mass is 274 g/mol. The number of halogens is 1. The number of carboxylic acids is 1. The second-order valence-electron chi connectivity index (χ2n) is 3.96. The van der Waals surface area contributed by atoms with Gasteiger partial charge in [0, 0.05) is 12.3 Å². The van der Waals surface area contributed by atoms with Crippen molar-refractivity contribution in [2.24, 2.45) is 0 Å². The summed E-state index contributed by atoms with van der Waals surface area (Å²) in [6.07, 6.45) is 1.31. The van der Waals surface area contributed by atoms with E-state index >= 15 is 0 Å². The molecular weight excluding hydrogens is 263 g/mol. The molecule has 2 aromatic rings. The summed E-state index contributed by atoms with van der Waals surface area (Å²) in [4.78, 5) is 14.7. The largest absolute Gasteiger partial charge is 0.487 e. The van der Waals surface area contributed by atoms with Crippen molar-refractivity contribution < 1.29 is 19.0 Å². The molecule has 0 unspecified atom stereocenters. The number of hydrogen-bond acceptors (Lipinski definition) is 4. The zero-order valence-corrected chi connectivity index (χ0v) is 10.3. The van der Waals surface area contributed by atoms with Crippen molar-refractivity contribution in [1.82, 2.24) is 4.98 Å². The first-order valence-electron chi connectivity index (χ1n) is 5.72. The average Bonchev–Trinajstić information content (AvgIpc) is 2.45. The van der Waals surface area contributed by atoms with Gasteiger partial charge in [0.1, 0.15) is 18.2 Å². The molecule has 0 atom stereocenters. The molecule has 0 bridgehead atoms.